The van der Waals surface area contributed by atoms with Crippen LogP contribution in [-0.4, -0.2) is 45.0 Å². The number of fused-ring (bicyclic) bond motifs is 1. The molecule has 0 bridgehead atoms. The highest BCUT2D eigenvalue weighted by molar-refractivity contribution is 5.67. The van der Waals surface area contributed by atoms with Gasteiger partial charge in [-0.2, -0.15) is 4.98 Å². The molecule has 0 saturated carbocycles. The lowest BCUT2D eigenvalue weighted by Crippen LogP contribution is -2.48. The Labute approximate surface area is 96.9 Å². The van der Waals surface area contributed by atoms with Crippen molar-refractivity contribution in [1.82, 2.24) is 9.97 Å². The topological polar surface area (TPSA) is 136 Å². The molecule has 1 aromatic rings. The number of rotatable bonds is 2. The van der Waals surface area contributed by atoms with E-state index in [9.17, 15) is 15.0 Å². The van der Waals surface area contributed by atoms with Gasteiger partial charge in [-0.05, 0) is 6.92 Å². The quantitative estimate of drug-likeness (QED) is 0.363. The molecule has 7 N–H and O–H groups in total. The van der Waals surface area contributed by atoms with E-state index in [4.69, 9.17) is 5.73 Å². The normalized spacial score (nSPS) is 21.9. The first-order valence-electron chi connectivity index (χ1n) is 5.25. The Hall–Kier alpha value is -1.80. The van der Waals surface area contributed by atoms with Crippen LogP contribution in [-0.2, 0) is 0 Å². The van der Waals surface area contributed by atoms with Crippen LogP contribution in [0.3, 0.4) is 0 Å². The van der Waals surface area contributed by atoms with Crippen molar-refractivity contribution in [2.24, 2.45) is 0 Å². The summed E-state index contributed by atoms with van der Waals surface area (Å²) in [5.41, 5.74) is 5.20. The van der Waals surface area contributed by atoms with Gasteiger partial charge in [0.2, 0.25) is 5.95 Å². The molecule has 2 heterocycles. The van der Waals surface area contributed by atoms with Crippen molar-refractivity contribution >= 4 is 17.5 Å². The molecule has 0 aliphatic carbocycles. The molecule has 0 radical (unpaired) electrons. The van der Waals surface area contributed by atoms with E-state index >= 15 is 0 Å². The Kier molecular flexibility index (Phi) is 2.90. The van der Waals surface area contributed by atoms with Gasteiger partial charge in [0.05, 0.1) is 12.1 Å². The van der Waals surface area contributed by atoms with Crippen molar-refractivity contribution in [1.29, 1.82) is 0 Å². The zero-order valence-corrected chi connectivity index (χ0v) is 9.27. The third kappa shape index (κ3) is 2.17. The SMILES string of the molecule is C[C@H](O)C(O)[C@H]1CNc2nc(N)[nH]c(=O)c2N1. The number of aromatic nitrogens is 2. The summed E-state index contributed by atoms with van der Waals surface area (Å²) in [5, 5.41) is 24.7. The van der Waals surface area contributed by atoms with E-state index in [2.05, 4.69) is 20.6 Å². The van der Waals surface area contributed by atoms with Crippen LogP contribution in [0, 0.1) is 0 Å². The highest BCUT2D eigenvalue weighted by Crippen LogP contribution is 2.21. The molecule has 3 atom stereocenters. The van der Waals surface area contributed by atoms with Crippen LogP contribution in [0.4, 0.5) is 17.5 Å². The fourth-order valence-corrected chi connectivity index (χ4v) is 1.74. The van der Waals surface area contributed by atoms with Gasteiger partial charge < -0.3 is 26.6 Å². The number of H-pyrrole nitrogens is 1. The number of hydrogen-bond donors (Lipinski definition) is 6. The van der Waals surface area contributed by atoms with Gasteiger partial charge in [0.1, 0.15) is 11.8 Å². The molecule has 1 aliphatic rings. The standard InChI is InChI=1S/C9H15N5O3/c1-3(15)6(16)4-2-11-7-5(12-4)8(17)14-9(10)13-7/h3-4,6,12,15-16H,2H2,1H3,(H4,10,11,13,14,17)/t3-,4+,6?/m0/s1. The zero-order valence-electron chi connectivity index (χ0n) is 9.27. The minimum atomic E-state index is -0.979. The van der Waals surface area contributed by atoms with Gasteiger partial charge in [0.25, 0.3) is 5.56 Å². The van der Waals surface area contributed by atoms with E-state index < -0.39 is 23.8 Å². The Bertz CT molecular complexity index is 472. The molecule has 1 aliphatic heterocycles. The number of nitrogens with zero attached hydrogens (tertiary/aromatic N) is 1. The van der Waals surface area contributed by atoms with Gasteiger partial charge >= 0.3 is 0 Å². The molecule has 2 rings (SSSR count). The number of anilines is 3. The Morgan fingerprint density at radius 1 is 1.53 bits per heavy atom. The first-order valence-corrected chi connectivity index (χ1v) is 5.25. The fourth-order valence-electron chi connectivity index (χ4n) is 1.74. The first kappa shape index (κ1) is 11.7. The lowest BCUT2D eigenvalue weighted by molar-refractivity contribution is 0.0214. The minimum absolute atomic E-state index is 0.0255. The first-order chi connectivity index (χ1) is 7.99. The number of aliphatic hydroxyl groups excluding tert-OH is 2. The Morgan fingerprint density at radius 3 is 2.88 bits per heavy atom. The third-order valence-electron chi connectivity index (χ3n) is 2.66. The molecular formula is C9H15N5O3. The number of nitrogens with one attached hydrogen (secondary N) is 3. The minimum Gasteiger partial charge on any atom is -0.391 e. The summed E-state index contributed by atoms with van der Waals surface area (Å²) in [6.07, 6.45) is -1.87. The molecule has 1 aromatic heterocycles. The molecule has 17 heavy (non-hydrogen) atoms. The Morgan fingerprint density at radius 2 is 2.24 bits per heavy atom. The van der Waals surface area contributed by atoms with Crippen LogP contribution < -0.4 is 21.9 Å². The van der Waals surface area contributed by atoms with Crippen LogP contribution in [0.2, 0.25) is 0 Å². The van der Waals surface area contributed by atoms with E-state index in [1.807, 2.05) is 0 Å². The van der Waals surface area contributed by atoms with Gasteiger partial charge in [-0.15, -0.1) is 0 Å². The second kappa shape index (κ2) is 4.22. The van der Waals surface area contributed by atoms with E-state index in [0.29, 0.717) is 12.4 Å². The third-order valence-corrected chi connectivity index (χ3v) is 2.66. The average molecular weight is 241 g/mol. The summed E-state index contributed by atoms with van der Waals surface area (Å²) in [6.45, 7) is 1.82. The fraction of sp³-hybridized carbons (Fsp3) is 0.556. The highest BCUT2D eigenvalue weighted by Gasteiger charge is 2.29. The van der Waals surface area contributed by atoms with Gasteiger partial charge in [-0.25, -0.2) is 0 Å². The second-order valence-electron chi connectivity index (χ2n) is 4.04. The molecule has 1 unspecified atom stereocenters. The molecule has 8 heteroatoms. The zero-order chi connectivity index (χ0) is 12.6. The number of aliphatic hydroxyl groups is 2. The van der Waals surface area contributed by atoms with Crippen molar-refractivity contribution in [3.05, 3.63) is 10.4 Å². The Balaban J connectivity index is 2.27. The van der Waals surface area contributed by atoms with Crippen molar-refractivity contribution < 1.29 is 10.2 Å². The molecule has 0 fully saturated rings. The smallest absolute Gasteiger partial charge is 0.277 e. The molecule has 0 aromatic carbocycles. The second-order valence-corrected chi connectivity index (χ2v) is 4.04. The molecule has 94 valence electrons. The van der Waals surface area contributed by atoms with Gasteiger partial charge in [0, 0.05) is 6.54 Å². The summed E-state index contributed by atoms with van der Waals surface area (Å²) in [7, 11) is 0. The maximum atomic E-state index is 11.6. The van der Waals surface area contributed by atoms with Gasteiger partial charge in [0.15, 0.2) is 5.82 Å². The van der Waals surface area contributed by atoms with Crippen LogP contribution in [0.1, 0.15) is 6.92 Å². The molecule has 0 saturated heterocycles. The number of nitrogen functional groups attached to an aromatic ring is 1. The summed E-state index contributed by atoms with van der Waals surface area (Å²) >= 11 is 0. The van der Waals surface area contributed by atoms with Crippen molar-refractivity contribution in [3.8, 4) is 0 Å². The summed E-state index contributed by atoms with van der Waals surface area (Å²) in [5.74, 6) is 0.373. The monoisotopic (exact) mass is 241 g/mol. The van der Waals surface area contributed by atoms with Crippen molar-refractivity contribution in [3.63, 3.8) is 0 Å². The maximum absolute atomic E-state index is 11.6. The molecule has 8 nitrogen and oxygen atoms in total. The number of aromatic amines is 1. The molecule has 0 spiro atoms. The predicted molar refractivity (Wildman–Crippen MR) is 62.9 cm³/mol. The average Bonchev–Trinajstić information content (AvgIpc) is 2.27. The van der Waals surface area contributed by atoms with E-state index in [1.54, 1.807) is 0 Å². The predicted octanol–water partition coefficient (Wildman–Crippen LogP) is -1.70. The van der Waals surface area contributed by atoms with E-state index in [1.165, 1.54) is 6.92 Å². The van der Waals surface area contributed by atoms with Crippen LogP contribution >= 0.6 is 0 Å². The largest absolute Gasteiger partial charge is 0.391 e. The summed E-state index contributed by atoms with van der Waals surface area (Å²) < 4.78 is 0. The summed E-state index contributed by atoms with van der Waals surface area (Å²) in [4.78, 5) is 17.9. The van der Waals surface area contributed by atoms with E-state index in [-0.39, 0.29) is 11.6 Å². The van der Waals surface area contributed by atoms with Crippen molar-refractivity contribution in [2.75, 3.05) is 22.9 Å². The van der Waals surface area contributed by atoms with Gasteiger partial charge in [-0.1, -0.05) is 0 Å². The highest BCUT2D eigenvalue weighted by atomic mass is 16.3. The van der Waals surface area contributed by atoms with E-state index in [0.717, 1.165) is 0 Å². The van der Waals surface area contributed by atoms with Crippen molar-refractivity contribution in [2.45, 2.75) is 25.2 Å². The maximum Gasteiger partial charge on any atom is 0.277 e. The van der Waals surface area contributed by atoms with Crippen LogP contribution in [0.15, 0.2) is 4.79 Å². The molecular weight excluding hydrogens is 226 g/mol. The van der Waals surface area contributed by atoms with Crippen LogP contribution in [0.5, 0.6) is 0 Å². The number of nitrogens with two attached hydrogens (primary N) is 1. The number of hydrogen-bond acceptors (Lipinski definition) is 7. The lowest BCUT2D eigenvalue weighted by atomic mass is 10.0. The van der Waals surface area contributed by atoms with Gasteiger partial charge in [-0.3, -0.25) is 9.78 Å². The summed E-state index contributed by atoms with van der Waals surface area (Å²) in [6, 6.07) is -0.464. The lowest BCUT2D eigenvalue weighted by Gasteiger charge is -2.31. The molecule has 0 amide bonds. The van der Waals surface area contributed by atoms with Crippen LogP contribution in [0.25, 0.3) is 0 Å².